The van der Waals surface area contributed by atoms with Crippen molar-refractivity contribution in [2.75, 3.05) is 6.54 Å². The first-order chi connectivity index (χ1) is 13.1. The SMILES string of the molecule is NC(=O)C(=O)N1CCc2onc(C(c3ccccc3)c3ccccc3)c2C1. The molecule has 0 atom stereocenters. The molecule has 1 aromatic heterocycles. The molecule has 3 aromatic rings. The molecule has 0 aliphatic carbocycles. The van der Waals surface area contributed by atoms with Crippen molar-refractivity contribution in [2.24, 2.45) is 5.73 Å². The fourth-order valence-corrected chi connectivity index (χ4v) is 3.58. The van der Waals surface area contributed by atoms with Crippen LogP contribution in [0.15, 0.2) is 65.2 Å². The third-order valence-electron chi connectivity index (χ3n) is 4.89. The molecule has 0 radical (unpaired) electrons. The van der Waals surface area contributed by atoms with Gasteiger partial charge < -0.3 is 15.2 Å². The van der Waals surface area contributed by atoms with E-state index < -0.39 is 11.8 Å². The van der Waals surface area contributed by atoms with E-state index in [1.165, 1.54) is 4.90 Å². The zero-order valence-electron chi connectivity index (χ0n) is 14.7. The molecule has 4 rings (SSSR count). The Bertz CT molecular complexity index is 927. The minimum Gasteiger partial charge on any atom is -0.361 e. The molecule has 0 unspecified atom stereocenters. The van der Waals surface area contributed by atoms with Gasteiger partial charge in [0.1, 0.15) is 11.5 Å². The first-order valence-electron chi connectivity index (χ1n) is 8.81. The molecule has 136 valence electrons. The van der Waals surface area contributed by atoms with E-state index in [2.05, 4.69) is 5.16 Å². The van der Waals surface area contributed by atoms with Crippen molar-refractivity contribution in [1.29, 1.82) is 0 Å². The van der Waals surface area contributed by atoms with Crippen LogP contribution in [0.25, 0.3) is 0 Å². The number of carbonyl (C=O) groups excluding carboxylic acids is 2. The molecular formula is C21H19N3O3. The molecule has 0 saturated carbocycles. The molecule has 2 N–H and O–H groups in total. The summed E-state index contributed by atoms with van der Waals surface area (Å²) in [4.78, 5) is 24.8. The summed E-state index contributed by atoms with van der Waals surface area (Å²) < 4.78 is 5.60. The molecule has 1 aliphatic rings. The minimum absolute atomic E-state index is 0.122. The van der Waals surface area contributed by atoms with Crippen LogP contribution < -0.4 is 5.73 Å². The number of primary amides is 1. The van der Waals surface area contributed by atoms with Crippen LogP contribution in [0.1, 0.15) is 34.1 Å². The molecular weight excluding hydrogens is 342 g/mol. The standard InChI is InChI=1S/C21H19N3O3/c22-20(25)21(26)24-12-11-17-16(13-24)19(23-27-17)18(14-7-3-1-4-8-14)15-9-5-2-6-10-15/h1-10,18H,11-13H2,(H2,22,25). The van der Waals surface area contributed by atoms with Crippen LogP contribution in [-0.4, -0.2) is 28.4 Å². The van der Waals surface area contributed by atoms with Crippen molar-refractivity contribution in [2.45, 2.75) is 18.9 Å². The monoisotopic (exact) mass is 361 g/mol. The Morgan fingerprint density at radius 3 is 2.15 bits per heavy atom. The van der Waals surface area contributed by atoms with Crippen molar-refractivity contribution in [3.8, 4) is 0 Å². The Morgan fingerprint density at radius 1 is 1.00 bits per heavy atom. The van der Waals surface area contributed by atoms with Gasteiger partial charge >= 0.3 is 11.8 Å². The van der Waals surface area contributed by atoms with Gasteiger partial charge in [-0.25, -0.2) is 0 Å². The topological polar surface area (TPSA) is 89.4 Å². The molecule has 2 heterocycles. The van der Waals surface area contributed by atoms with Crippen molar-refractivity contribution in [3.05, 3.63) is 88.8 Å². The number of aromatic nitrogens is 1. The van der Waals surface area contributed by atoms with E-state index in [0.717, 1.165) is 28.1 Å². The molecule has 0 saturated heterocycles. The number of hydrogen-bond acceptors (Lipinski definition) is 4. The molecule has 2 amide bonds. The Balaban J connectivity index is 1.78. The Labute approximate surface area is 156 Å². The van der Waals surface area contributed by atoms with E-state index in [0.29, 0.717) is 13.0 Å². The van der Waals surface area contributed by atoms with E-state index in [9.17, 15) is 9.59 Å². The predicted molar refractivity (Wildman–Crippen MR) is 98.6 cm³/mol. The van der Waals surface area contributed by atoms with Crippen LogP contribution in [0.4, 0.5) is 0 Å². The van der Waals surface area contributed by atoms with Gasteiger partial charge in [0.25, 0.3) is 0 Å². The maximum atomic E-state index is 12.1. The number of hydrogen-bond donors (Lipinski definition) is 1. The summed E-state index contributed by atoms with van der Waals surface area (Å²) in [5, 5.41) is 4.36. The van der Waals surface area contributed by atoms with Gasteiger partial charge in [-0.2, -0.15) is 0 Å². The van der Waals surface area contributed by atoms with E-state index in [-0.39, 0.29) is 12.5 Å². The average Bonchev–Trinajstić information content (AvgIpc) is 3.12. The summed E-state index contributed by atoms with van der Waals surface area (Å²) in [6.07, 6.45) is 0.512. The van der Waals surface area contributed by atoms with Crippen molar-refractivity contribution >= 4 is 11.8 Å². The second kappa shape index (κ2) is 7.07. The molecule has 0 bridgehead atoms. The number of fused-ring (bicyclic) bond motifs is 1. The Hall–Kier alpha value is -3.41. The van der Waals surface area contributed by atoms with E-state index in [4.69, 9.17) is 10.3 Å². The lowest BCUT2D eigenvalue weighted by molar-refractivity contribution is -0.144. The highest BCUT2D eigenvalue weighted by Gasteiger charge is 2.32. The highest BCUT2D eigenvalue weighted by atomic mass is 16.5. The number of rotatable bonds is 3. The average molecular weight is 361 g/mol. The lowest BCUT2D eigenvalue weighted by atomic mass is 9.85. The van der Waals surface area contributed by atoms with Gasteiger partial charge in [-0.3, -0.25) is 9.59 Å². The lowest BCUT2D eigenvalue weighted by Crippen LogP contribution is -2.43. The maximum Gasteiger partial charge on any atom is 0.311 e. The normalized spacial score (nSPS) is 13.4. The van der Waals surface area contributed by atoms with Gasteiger partial charge in [-0.15, -0.1) is 0 Å². The van der Waals surface area contributed by atoms with Gasteiger partial charge in [0.15, 0.2) is 0 Å². The summed E-state index contributed by atoms with van der Waals surface area (Å²) in [5.74, 6) is -0.984. The first kappa shape index (κ1) is 17.0. The number of nitrogens with two attached hydrogens (primary N) is 1. The molecule has 2 aromatic carbocycles. The fourth-order valence-electron chi connectivity index (χ4n) is 3.58. The summed E-state index contributed by atoms with van der Waals surface area (Å²) in [6, 6.07) is 20.1. The summed E-state index contributed by atoms with van der Waals surface area (Å²) >= 11 is 0. The van der Waals surface area contributed by atoms with E-state index >= 15 is 0 Å². The van der Waals surface area contributed by atoms with Crippen molar-refractivity contribution in [3.63, 3.8) is 0 Å². The van der Waals surface area contributed by atoms with Crippen LogP contribution in [-0.2, 0) is 22.6 Å². The lowest BCUT2D eigenvalue weighted by Gasteiger charge is -2.26. The fraction of sp³-hybridized carbons (Fsp3) is 0.190. The highest BCUT2D eigenvalue weighted by Crippen LogP contribution is 2.36. The number of nitrogens with zero attached hydrogens (tertiary/aromatic N) is 2. The molecule has 6 nitrogen and oxygen atoms in total. The van der Waals surface area contributed by atoms with Gasteiger partial charge in [-0.05, 0) is 11.1 Å². The highest BCUT2D eigenvalue weighted by molar-refractivity contribution is 6.34. The van der Waals surface area contributed by atoms with Crippen LogP contribution in [0.2, 0.25) is 0 Å². The molecule has 6 heteroatoms. The molecule has 1 aliphatic heterocycles. The van der Waals surface area contributed by atoms with Crippen LogP contribution in [0, 0.1) is 0 Å². The van der Waals surface area contributed by atoms with E-state index in [1.807, 2.05) is 60.7 Å². The first-order valence-corrected chi connectivity index (χ1v) is 8.81. The second-order valence-electron chi connectivity index (χ2n) is 6.56. The third-order valence-corrected chi connectivity index (χ3v) is 4.89. The van der Waals surface area contributed by atoms with Crippen molar-refractivity contribution in [1.82, 2.24) is 10.1 Å². The molecule has 0 spiro atoms. The predicted octanol–water partition coefficient (Wildman–Crippen LogP) is 2.22. The summed E-state index contributed by atoms with van der Waals surface area (Å²) in [5.41, 5.74) is 8.96. The number of carbonyl (C=O) groups is 2. The number of amides is 2. The van der Waals surface area contributed by atoms with E-state index in [1.54, 1.807) is 0 Å². The van der Waals surface area contributed by atoms with Gasteiger partial charge in [0.2, 0.25) is 0 Å². The summed E-state index contributed by atoms with van der Waals surface area (Å²) in [6.45, 7) is 0.664. The minimum atomic E-state index is -0.945. The third kappa shape index (κ3) is 3.21. The Morgan fingerprint density at radius 2 is 1.59 bits per heavy atom. The second-order valence-corrected chi connectivity index (χ2v) is 6.56. The van der Waals surface area contributed by atoms with Crippen LogP contribution in [0.3, 0.4) is 0 Å². The van der Waals surface area contributed by atoms with Crippen LogP contribution in [0.5, 0.6) is 0 Å². The zero-order valence-corrected chi connectivity index (χ0v) is 14.7. The van der Waals surface area contributed by atoms with Gasteiger partial charge in [-0.1, -0.05) is 65.8 Å². The maximum absolute atomic E-state index is 12.1. The molecule has 27 heavy (non-hydrogen) atoms. The smallest absolute Gasteiger partial charge is 0.311 e. The molecule has 0 fully saturated rings. The van der Waals surface area contributed by atoms with Crippen LogP contribution >= 0.6 is 0 Å². The zero-order chi connectivity index (χ0) is 18.8. The quantitative estimate of drug-likeness (QED) is 0.725. The van der Waals surface area contributed by atoms with Crippen molar-refractivity contribution < 1.29 is 14.1 Å². The Kier molecular flexibility index (Phi) is 4.46. The van der Waals surface area contributed by atoms with Gasteiger partial charge in [0, 0.05) is 18.5 Å². The largest absolute Gasteiger partial charge is 0.361 e. The summed E-state index contributed by atoms with van der Waals surface area (Å²) in [7, 11) is 0. The van der Waals surface area contributed by atoms with Gasteiger partial charge in [0.05, 0.1) is 12.5 Å². The number of benzene rings is 2.